The van der Waals surface area contributed by atoms with Gasteiger partial charge in [-0.05, 0) is 0 Å². The van der Waals surface area contributed by atoms with Gasteiger partial charge in [-0.2, -0.15) is 8.78 Å². The highest BCUT2D eigenvalue weighted by molar-refractivity contribution is 7.14. The Morgan fingerprint density at radius 2 is 2.05 bits per heavy atom. The zero-order valence-electron chi connectivity index (χ0n) is 10.0. The molecule has 0 atom stereocenters. The van der Waals surface area contributed by atoms with E-state index in [1.807, 2.05) is 0 Å². The number of hydrogen-bond acceptors (Lipinski definition) is 5. The zero-order chi connectivity index (χ0) is 15.5. The molecular formula is C10H9F4NO4S. The van der Waals surface area contributed by atoms with E-state index in [9.17, 15) is 27.2 Å². The van der Waals surface area contributed by atoms with Gasteiger partial charge in [0.05, 0.1) is 6.61 Å². The molecule has 5 nitrogen and oxygen atoms in total. The van der Waals surface area contributed by atoms with Crippen LogP contribution in [-0.2, 0) is 11.3 Å². The first-order valence-corrected chi connectivity index (χ1v) is 5.94. The highest BCUT2D eigenvalue weighted by atomic mass is 32.1. The van der Waals surface area contributed by atoms with Crippen LogP contribution in [0.4, 0.5) is 17.6 Å². The molecule has 0 saturated heterocycles. The maximum atomic E-state index is 12.5. The van der Waals surface area contributed by atoms with Crippen molar-refractivity contribution in [3.63, 3.8) is 0 Å². The van der Waals surface area contributed by atoms with Crippen LogP contribution in [0.5, 0.6) is 0 Å². The smallest absolute Gasteiger partial charge is 0.356 e. The largest absolute Gasteiger partial charge is 0.476 e. The topological polar surface area (TPSA) is 76.5 Å². The van der Waals surface area contributed by atoms with Crippen LogP contribution in [0.3, 0.4) is 0 Å². The van der Waals surface area contributed by atoms with E-state index >= 15 is 0 Å². The molecule has 0 aliphatic rings. The van der Waals surface area contributed by atoms with Crippen LogP contribution in [0, 0.1) is 0 Å². The molecule has 1 rings (SSSR count). The summed E-state index contributed by atoms with van der Waals surface area (Å²) in [6, 6.07) is 0. The summed E-state index contributed by atoms with van der Waals surface area (Å²) in [5.74, 6) is -6.30. The molecule has 0 unspecified atom stereocenters. The van der Waals surface area contributed by atoms with E-state index in [-0.39, 0.29) is 9.88 Å². The number of aromatic carboxylic acids is 1. The highest BCUT2D eigenvalue weighted by Gasteiger charge is 2.41. The first kappa shape index (κ1) is 16.5. The van der Waals surface area contributed by atoms with Crippen molar-refractivity contribution < 1.29 is 37.0 Å². The standard InChI is InChI=1S/C10H9F4NO4S/c1-4(16)7-6(8(17)18)15-5(20-7)2-19-3-10(13,14)9(11)12/h9H,2-3H2,1H3,(H,17,18). The van der Waals surface area contributed by atoms with Crippen molar-refractivity contribution in [2.24, 2.45) is 0 Å². The van der Waals surface area contributed by atoms with Crippen LogP contribution in [0.1, 0.15) is 32.1 Å². The van der Waals surface area contributed by atoms with Crippen molar-refractivity contribution in [3.05, 3.63) is 15.6 Å². The van der Waals surface area contributed by atoms with Gasteiger partial charge in [0.1, 0.15) is 16.5 Å². The average molecular weight is 315 g/mol. The average Bonchev–Trinajstić information content (AvgIpc) is 2.73. The van der Waals surface area contributed by atoms with Gasteiger partial charge in [-0.1, -0.05) is 0 Å². The van der Waals surface area contributed by atoms with Crippen LogP contribution < -0.4 is 0 Å². The van der Waals surface area contributed by atoms with E-state index < -0.39 is 43.0 Å². The molecule has 0 aliphatic carbocycles. The fourth-order valence-corrected chi connectivity index (χ4v) is 2.04. The number of carboxylic acid groups (broad SMARTS) is 1. The van der Waals surface area contributed by atoms with Gasteiger partial charge in [0.2, 0.25) is 0 Å². The summed E-state index contributed by atoms with van der Waals surface area (Å²) >= 11 is 0.656. The normalized spacial score (nSPS) is 11.9. The number of alkyl halides is 4. The second-order valence-corrected chi connectivity index (χ2v) is 4.78. The van der Waals surface area contributed by atoms with Crippen molar-refractivity contribution >= 4 is 23.1 Å². The summed E-state index contributed by atoms with van der Waals surface area (Å²) in [7, 11) is 0. The van der Waals surface area contributed by atoms with E-state index in [2.05, 4.69) is 9.72 Å². The van der Waals surface area contributed by atoms with Crippen LogP contribution in [0.2, 0.25) is 0 Å². The van der Waals surface area contributed by atoms with Gasteiger partial charge in [-0.3, -0.25) is 4.79 Å². The third kappa shape index (κ3) is 3.97. The fourth-order valence-electron chi connectivity index (χ4n) is 1.15. The lowest BCUT2D eigenvalue weighted by atomic mass is 10.3. The number of carboxylic acids is 1. The molecule has 20 heavy (non-hydrogen) atoms. The minimum Gasteiger partial charge on any atom is -0.476 e. The zero-order valence-corrected chi connectivity index (χ0v) is 10.8. The number of carbonyl (C=O) groups excluding carboxylic acids is 1. The molecule has 0 radical (unpaired) electrons. The predicted molar refractivity (Wildman–Crippen MR) is 59.7 cm³/mol. The van der Waals surface area contributed by atoms with Crippen molar-refractivity contribution in [2.75, 3.05) is 6.61 Å². The van der Waals surface area contributed by atoms with Crippen LogP contribution in [0.25, 0.3) is 0 Å². The summed E-state index contributed by atoms with van der Waals surface area (Å²) in [6.45, 7) is -0.988. The van der Waals surface area contributed by atoms with E-state index in [0.717, 1.165) is 6.92 Å². The van der Waals surface area contributed by atoms with Gasteiger partial charge in [-0.15, -0.1) is 11.3 Å². The summed E-state index contributed by atoms with van der Waals surface area (Å²) in [4.78, 5) is 25.3. The molecule has 1 N–H and O–H groups in total. The number of hydrogen-bond donors (Lipinski definition) is 1. The van der Waals surface area contributed by atoms with Crippen molar-refractivity contribution in [2.45, 2.75) is 25.9 Å². The van der Waals surface area contributed by atoms with Crippen molar-refractivity contribution in [1.82, 2.24) is 4.98 Å². The first-order chi connectivity index (χ1) is 9.15. The quantitative estimate of drug-likeness (QED) is 0.618. The Kier molecular flexibility index (Phi) is 5.17. The Balaban J connectivity index is 2.73. The second kappa shape index (κ2) is 6.27. The lowest BCUT2D eigenvalue weighted by Gasteiger charge is -2.14. The van der Waals surface area contributed by atoms with Gasteiger partial charge >= 0.3 is 18.3 Å². The number of carbonyl (C=O) groups is 2. The molecule has 112 valence electrons. The number of thiazole rings is 1. The summed E-state index contributed by atoms with van der Waals surface area (Å²) < 4.78 is 53.2. The van der Waals surface area contributed by atoms with Crippen LogP contribution >= 0.6 is 11.3 Å². The van der Waals surface area contributed by atoms with Gasteiger partial charge in [0, 0.05) is 6.92 Å². The second-order valence-electron chi connectivity index (χ2n) is 3.70. The van der Waals surface area contributed by atoms with E-state index in [4.69, 9.17) is 5.11 Å². The van der Waals surface area contributed by atoms with E-state index in [0.29, 0.717) is 11.3 Å². The fraction of sp³-hybridized carbons (Fsp3) is 0.500. The highest BCUT2D eigenvalue weighted by Crippen LogP contribution is 2.25. The lowest BCUT2D eigenvalue weighted by molar-refractivity contribution is -0.168. The van der Waals surface area contributed by atoms with Crippen LogP contribution in [-0.4, -0.2) is 40.8 Å². The molecule has 0 bridgehead atoms. The molecule has 0 spiro atoms. The van der Waals surface area contributed by atoms with Crippen LogP contribution in [0.15, 0.2) is 0 Å². The van der Waals surface area contributed by atoms with Crippen molar-refractivity contribution in [3.8, 4) is 0 Å². The van der Waals surface area contributed by atoms with Gasteiger partial charge in [-0.25, -0.2) is 18.6 Å². The third-order valence-corrected chi connectivity index (χ3v) is 3.16. The number of ketones is 1. The third-order valence-electron chi connectivity index (χ3n) is 2.03. The molecule has 10 heteroatoms. The molecule has 1 heterocycles. The molecular weight excluding hydrogens is 306 g/mol. The molecule has 1 aromatic heterocycles. The van der Waals surface area contributed by atoms with Gasteiger partial charge < -0.3 is 9.84 Å². The minimum atomic E-state index is -4.30. The summed E-state index contributed by atoms with van der Waals surface area (Å²) in [5.41, 5.74) is -0.512. The van der Waals surface area contributed by atoms with E-state index in [1.165, 1.54) is 0 Å². The molecule has 0 amide bonds. The maximum Gasteiger partial charge on any atom is 0.356 e. The number of halogens is 4. The molecule has 1 aromatic rings. The summed E-state index contributed by atoms with van der Waals surface area (Å²) in [5, 5.41) is 8.73. The minimum absolute atomic E-state index is 0.0577. The molecule has 0 fully saturated rings. The number of ether oxygens (including phenoxy) is 1. The van der Waals surface area contributed by atoms with Gasteiger partial charge in [0.15, 0.2) is 11.5 Å². The molecule has 0 aromatic carbocycles. The Morgan fingerprint density at radius 1 is 1.45 bits per heavy atom. The number of rotatable bonds is 7. The number of nitrogens with zero attached hydrogens (tertiary/aromatic N) is 1. The SMILES string of the molecule is CC(=O)c1sc(COCC(F)(F)C(F)F)nc1C(=O)O. The maximum absolute atomic E-state index is 12.5. The monoisotopic (exact) mass is 315 g/mol. The molecule has 0 saturated carbocycles. The molecule has 0 aliphatic heterocycles. The number of aromatic nitrogens is 1. The predicted octanol–water partition coefficient (Wildman–Crippen LogP) is 2.46. The van der Waals surface area contributed by atoms with Crippen molar-refractivity contribution in [1.29, 1.82) is 0 Å². The Labute approximate surface area is 114 Å². The summed E-state index contributed by atoms with van der Waals surface area (Å²) in [6.07, 6.45) is -3.86. The van der Waals surface area contributed by atoms with Gasteiger partial charge in [0.25, 0.3) is 0 Å². The Hall–Kier alpha value is -1.55. The Morgan fingerprint density at radius 3 is 2.45 bits per heavy atom. The first-order valence-electron chi connectivity index (χ1n) is 5.12. The van der Waals surface area contributed by atoms with E-state index in [1.54, 1.807) is 0 Å². The Bertz CT molecular complexity index is 486. The number of Topliss-reactive ketones (excluding diaryl/α,β-unsaturated/α-hetero) is 1. The lowest BCUT2D eigenvalue weighted by Crippen LogP contribution is -2.32.